The van der Waals surface area contributed by atoms with E-state index in [0.717, 1.165) is 43.3 Å². The molecule has 3 rings (SSSR count). The Labute approximate surface area is 118 Å². The van der Waals surface area contributed by atoms with E-state index in [1.165, 1.54) is 5.56 Å². The number of hydrogen-bond acceptors (Lipinski definition) is 4. The molecule has 0 spiro atoms. The number of benzene rings is 1. The van der Waals surface area contributed by atoms with Crippen LogP contribution in [0.2, 0.25) is 0 Å². The van der Waals surface area contributed by atoms with Gasteiger partial charge in [-0.15, -0.1) is 0 Å². The SMILES string of the molecule is Cc1nc2ccc(CNC3CCC(C#N)CC3)cc2o1. The van der Waals surface area contributed by atoms with Crippen LogP contribution in [0.25, 0.3) is 11.1 Å². The molecule has 1 fully saturated rings. The highest BCUT2D eigenvalue weighted by molar-refractivity contribution is 5.73. The van der Waals surface area contributed by atoms with E-state index in [4.69, 9.17) is 9.68 Å². The summed E-state index contributed by atoms with van der Waals surface area (Å²) >= 11 is 0. The second-order valence-electron chi connectivity index (χ2n) is 5.59. The molecule has 1 aromatic carbocycles. The van der Waals surface area contributed by atoms with Gasteiger partial charge in [0.2, 0.25) is 0 Å². The molecule has 1 aromatic heterocycles. The molecule has 4 heteroatoms. The van der Waals surface area contributed by atoms with Crippen LogP contribution in [-0.4, -0.2) is 11.0 Å². The van der Waals surface area contributed by atoms with Gasteiger partial charge >= 0.3 is 0 Å². The van der Waals surface area contributed by atoms with Crippen LogP contribution in [0.4, 0.5) is 0 Å². The molecule has 0 bridgehead atoms. The molecular formula is C16H19N3O. The number of aryl methyl sites for hydroxylation is 1. The first-order valence-corrected chi connectivity index (χ1v) is 7.23. The Morgan fingerprint density at radius 2 is 2.15 bits per heavy atom. The molecule has 0 radical (unpaired) electrons. The summed E-state index contributed by atoms with van der Waals surface area (Å²) in [5.74, 6) is 0.974. The Kier molecular flexibility index (Phi) is 3.70. The lowest BCUT2D eigenvalue weighted by atomic mass is 9.87. The van der Waals surface area contributed by atoms with E-state index in [1.54, 1.807) is 0 Å². The van der Waals surface area contributed by atoms with Crippen LogP contribution in [0.15, 0.2) is 22.6 Å². The molecule has 1 saturated carbocycles. The molecule has 1 aliphatic carbocycles. The van der Waals surface area contributed by atoms with Gasteiger partial charge in [-0.2, -0.15) is 5.26 Å². The fourth-order valence-electron chi connectivity index (χ4n) is 2.88. The molecule has 1 aliphatic rings. The maximum Gasteiger partial charge on any atom is 0.192 e. The number of nitrogens with one attached hydrogen (secondary N) is 1. The number of aromatic nitrogens is 1. The van der Waals surface area contributed by atoms with E-state index in [9.17, 15) is 0 Å². The van der Waals surface area contributed by atoms with Crippen LogP contribution < -0.4 is 5.32 Å². The van der Waals surface area contributed by atoms with E-state index < -0.39 is 0 Å². The third-order valence-electron chi connectivity index (χ3n) is 4.06. The van der Waals surface area contributed by atoms with Crippen LogP contribution >= 0.6 is 0 Å². The van der Waals surface area contributed by atoms with Gasteiger partial charge in [-0.1, -0.05) is 6.07 Å². The third kappa shape index (κ3) is 2.83. The van der Waals surface area contributed by atoms with Crippen molar-refractivity contribution >= 4 is 11.1 Å². The minimum Gasteiger partial charge on any atom is -0.441 e. The van der Waals surface area contributed by atoms with Crippen molar-refractivity contribution in [3.05, 3.63) is 29.7 Å². The van der Waals surface area contributed by atoms with Gasteiger partial charge in [0.05, 0.1) is 6.07 Å². The van der Waals surface area contributed by atoms with Crippen molar-refractivity contribution in [1.29, 1.82) is 5.26 Å². The van der Waals surface area contributed by atoms with Gasteiger partial charge in [-0.25, -0.2) is 4.98 Å². The number of oxazole rings is 1. The average Bonchev–Trinajstić information content (AvgIpc) is 2.85. The zero-order chi connectivity index (χ0) is 13.9. The van der Waals surface area contributed by atoms with Gasteiger partial charge in [0.1, 0.15) is 5.52 Å². The van der Waals surface area contributed by atoms with Gasteiger partial charge in [0, 0.05) is 25.4 Å². The molecule has 0 saturated heterocycles. The molecule has 1 N–H and O–H groups in total. The monoisotopic (exact) mass is 269 g/mol. The highest BCUT2D eigenvalue weighted by atomic mass is 16.3. The first kappa shape index (κ1) is 13.1. The van der Waals surface area contributed by atoms with Crippen LogP contribution in [-0.2, 0) is 6.54 Å². The van der Waals surface area contributed by atoms with Crippen molar-refractivity contribution in [1.82, 2.24) is 10.3 Å². The maximum absolute atomic E-state index is 8.90. The Hall–Kier alpha value is -1.86. The Morgan fingerprint density at radius 1 is 1.35 bits per heavy atom. The van der Waals surface area contributed by atoms with Gasteiger partial charge in [0.15, 0.2) is 11.5 Å². The number of hydrogen-bond donors (Lipinski definition) is 1. The maximum atomic E-state index is 8.90. The van der Waals surface area contributed by atoms with Gasteiger partial charge in [0.25, 0.3) is 0 Å². The zero-order valence-corrected chi connectivity index (χ0v) is 11.7. The standard InChI is InChI=1S/C16H19N3O/c1-11-19-15-7-4-13(8-16(15)20-11)10-18-14-5-2-12(9-17)3-6-14/h4,7-8,12,14,18H,2-3,5-6,10H2,1H3. The smallest absolute Gasteiger partial charge is 0.192 e. The number of nitrogens with zero attached hydrogens (tertiary/aromatic N) is 2. The van der Waals surface area contributed by atoms with E-state index in [1.807, 2.05) is 13.0 Å². The molecule has 0 aliphatic heterocycles. The molecule has 2 aromatic rings. The molecule has 4 nitrogen and oxygen atoms in total. The first-order chi connectivity index (χ1) is 9.74. The van der Waals surface area contributed by atoms with Crippen molar-refractivity contribution < 1.29 is 4.42 Å². The quantitative estimate of drug-likeness (QED) is 0.928. The van der Waals surface area contributed by atoms with Crippen LogP contribution in [0, 0.1) is 24.2 Å². The van der Waals surface area contributed by atoms with E-state index >= 15 is 0 Å². The fourth-order valence-corrected chi connectivity index (χ4v) is 2.88. The number of fused-ring (bicyclic) bond motifs is 1. The Bertz CT molecular complexity index is 633. The van der Waals surface area contributed by atoms with Gasteiger partial charge in [-0.05, 0) is 43.4 Å². The molecule has 0 atom stereocenters. The summed E-state index contributed by atoms with van der Waals surface area (Å²) in [5.41, 5.74) is 2.99. The minimum absolute atomic E-state index is 0.265. The molecule has 1 heterocycles. The summed E-state index contributed by atoms with van der Waals surface area (Å²) in [6.45, 7) is 2.71. The van der Waals surface area contributed by atoms with Crippen LogP contribution in [0.5, 0.6) is 0 Å². The van der Waals surface area contributed by atoms with Crippen molar-refractivity contribution in [2.75, 3.05) is 0 Å². The summed E-state index contributed by atoms with van der Waals surface area (Å²) in [6.07, 6.45) is 4.24. The van der Waals surface area contributed by atoms with Crippen molar-refractivity contribution in [3.63, 3.8) is 0 Å². The largest absolute Gasteiger partial charge is 0.441 e. The summed E-state index contributed by atoms with van der Waals surface area (Å²) in [4.78, 5) is 4.30. The fraction of sp³-hybridized carbons (Fsp3) is 0.500. The summed E-state index contributed by atoms with van der Waals surface area (Å²) in [5, 5.41) is 12.5. The normalized spacial score (nSPS) is 22.8. The lowest BCUT2D eigenvalue weighted by Gasteiger charge is -2.25. The summed E-state index contributed by atoms with van der Waals surface area (Å²) < 4.78 is 5.55. The highest BCUT2D eigenvalue weighted by Gasteiger charge is 2.20. The predicted octanol–water partition coefficient (Wildman–Crippen LogP) is 3.31. The molecule has 0 amide bonds. The van der Waals surface area contributed by atoms with Crippen LogP contribution in [0.1, 0.15) is 37.1 Å². The summed E-state index contributed by atoms with van der Waals surface area (Å²) in [7, 11) is 0. The number of rotatable bonds is 3. The minimum atomic E-state index is 0.265. The van der Waals surface area contributed by atoms with E-state index in [0.29, 0.717) is 11.9 Å². The molecule has 0 unspecified atom stereocenters. The van der Waals surface area contributed by atoms with E-state index in [2.05, 4.69) is 28.5 Å². The Balaban J connectivity index is 1.58. The predicted molar refractivity (Wildman–Crippen MR) is 76.9 cm³/mol. The Morgan fingerprint density at radius 3 is 2.90 bits per heavy atom. The van der Waals surface area contributed by atoms with Crippen molar-refractivity contribution in [2.45, 2.75) is 45.2 Å². The van der Waals surface area contributed by atoms with Crippen molar-refractivity contribution in [3.8, 4) is 6.07 Å². The lowest BCUT2D eigenvalue weighted by Crippen LogP contribution is -2.32. The van der Waals surface area contributed by atoms with E-state index in [-0.39, 0.29) is 5.92 Å². The second-order valence-corrected chi connectivity index (χ2v) is 5.59. The highest BCUT2D eigenvalue weighted by Crippen LogP contribution is 2.24. The molecule has 104 valence electrons. The zero-order valence-electron chi connectivity index (χ0n) is 11.7. The third-order valence-corrected chi connectivity index (χ3v) is 4.06. The molecule has 20 heavy (non-hydrogen) atoms. The van der Waals surface area contributed by atoms with Crippen LogP contribution in [0.3, 0.4) is 0 Å². The first-order valence-electron chi connectivity index (χ1n) is 7.23. The number of nitriles is 1. The molecular weight excluding hydrogens is 250 g/mol. The second kappa shape index (κ2) is 5.64. The van der Waals surface area contributed by atoms with Crippen molar-refractivity contribution in [2.24, 2.45) is 5.92 Å². The average molecular weight is 269 g/mol. The summed E-state index contributed by atoms with van der Waals surface area (Å²) in [6, 6.07) is 9.07. The topological polar surface area (TPSA) is 61.9 Å². The lowest BCUT2D eigenvalue weighted by molar-refractivity contribution is 0.331. The van der Waals surface area contributed by atoms with Gasteiger partial charge in [-0.3, -0.25) is 0 Å². The van der Waals surface area contributed by atoms with Gasteiger partial charge < -0.3 is 9.73 Å².